The number of ether oxygens (including phenoxy) is 2. The summed E-state index contributed by atoms with van der Waals surface area (Å²) in [7, 11) is 0. The van der Waals surface area contributed by atoms with Crippen molar-refractivity contribution in [3.8, 4) is 11.5 Å². The molecule has 1 saturated heterocycles. The van der Waals surface area contributed by atoms with Gasteiger partial charge in [0.15, 0.2) is 11.5 Å². The summed E-state index contributed by atoms with van der Waals surface area (Å²) in [4.78, 5) is 0. The van der Waals surface area contributed by atoms with Crippen molar-refractivity contribution in [1.82, 2.24) is 10.6 Å². The average Bonchev–Trinajstić information content (AvgIpc) is 2.86. The number of fused-ring (bicyclic) bond motifs is 1. The molecule has 4 nitrogen and oxygen atoms in total. The Morgan fingerprint density at radius 1 is 1.24 bits per heavy atom. The number of hydrogen-bond acceptors (Lipinski definition) is 4. The first-order valence-corrected chi connectivity index (χ1v) is 6.25. The second-order valence-electron chi connectivity index (χ2n) is 4.56. The molecule has 92 valence electrons. The average molecular weight is 234 g/mol. The van der Waals surface area contributed by atoms with E-state index in [-0.39, 0.29) is 0 Å². The van der Waals surface area contributed by atoms with E-state index < -0.39 is 0 Å². The highest BCUT2D eigenvalue weighted by Crippen LogP contribution is 2.35. The lowest BCUT2D eigenvalue weighted by atomic mass is 10.1. The Bertz CT molecular complexity index is 389. The fourth-order valence-electron chi connectivity index (χ4n) is 2.41. The molecule has 2 aliphatic rings. The van der Waals surface area contributed by atoms with Crippen molar-refractivity contribution >= 4 is 0 Å². The van der Waals surface area contributed by atoms with Gasteiger partial charge in [0.05, 0.1) is 0 Å². The van der Waals surface area contributed by atoms with Crippen LogP contribution in [0.4, 0.5) is 0 Å². The van der Waals surface area contributed by atoms with Gasteiger partial charge in [-0.1, -0.05) is 12.1 Å². The second kappa shape index (κ2) is 4.94. The standard InChI is InChI=1S/C13H18N2O2/c1-2-10(13-12(3-1)16-9-17-13)8-15-11-4-6-14-7-5-11/h1-3,11,14-15H,4-9H2. The molecular formula is C13H18N2O2. The van der Waals surface area contributed by atoms with Crippen LogP contribution in [0.1, 0.15) is 18.4 Å². The SMILES string of the molecule is c1cc(CNC2CCNCC2)c2c(c1)OCO2. The molecule has 2 aliphatic heterocycles. The van der Waals surface area contributed by atoms with Crippen LogP contribution in [0.5, 0.6) is 11.5 Å². The summed E-state index contributed by atoms with van der Waals surface area (Å²) in [5.41, 5.74) is 1.19. The van der Waals surface area contributed by atoms with Crippen LogP contribution in [0.2, 0.25) is 0 Å². The first-order valence-electron chi connectivity index (χ1n) is 6.25. The highest BCUT2D eigenvalue weighted by atomic mass is 16.7. The highest BCUT2D eigenvalue weighted by molar-refractivity contribution is 5.48. The first kappa shape index (κ1) is 10.9. The van der Waals surface area contributed by atoms with E-state index in [4.69, 9.17) is 9.47 Å². The number of benzene rings is 1. The van der Waals surface area contributed by atoms with Crippen LogP contribution in [0, 0.1) is 0 Å². The minimum Gasteiger partial charge on any atom is -0.454 e. The van der Waals surface area contributed by atoms with E-state index in [0.717, 1.165) is 31.1 Å². The molecule has 2 N–H and O–H groups in total. The van der Waals surface area contributed by atoms with Crippen LogP contribution in [0.25, 0.3) is 0 Å². The molecule has 0 saturated carbocycles. The maximum Gasteiger partial charge on any atom is 0.231 e. The molecule has 3 rings (SSSR count). The van der Waals surface area contributed by atoms with Crippen LogP contribution in [-0.4, -0.2) is 25.9 Å². The van der Waals surface area contributed by atoms with Crippen molar-refractivity contribution in [2.24, 2.45) is 0 Å². The van der Waals surface area contributed by atoms with Crippen LogP contribution in [-0.2, 0) is 6.54 Å². The van der Waals surface area contributed by atoms with Gasteiger partial charge < -0.3 is 20.1 Å². The summed E-state index contributed by atoms with van der Waals surface area (Å²) in [5.74, 6) is 1.78. The Kier molecular flexibility index (Phi) is 3.16. The molecule has 2 heterocycles. The summed E-state index contributed by atoms with van der Waals surface area (Å²) < 4.78 is 10.9. The molecule has 0 radical (unpaired) electrons. The Labute approximate surface area is 101 Å². The lowest BCUT2D eigenvalue weighted by Gasteiger charge is -2.24. The third-order valence-corrected chi connectivity index (χ3v) is 3.40. The van der Waals surface area contributed by atoms with Crippen molar-refractivity contribution in [3.05, 3.63) is 23.8 Å². The maximum atomic E-state index is 5.49. The molecule has 0 amide bonds. The Morgan fingerprint density at radius 3 is 3.00 bits per heavy atom. The molecule has 1 fully saturated rings. The molecule has 0 bridgehead atoms. The van der Waals surface area contributed by atoms with Gasteiger partial charge in [-0.2, -0.15) is 0 Å². The van der Waals surface area contributed by atoms with Gasteiger partial charge in [0.1, 0.15) is 0 Å². The van der Waals surface area contributed by atoms with Crippen LogP contribution in [0.3, 0.4) is 0 Å². The minimum absolute atomic E-state index is 0.347. The lowest BCUT2D eigenvalue weighted by molar-refractivity contribution is 0.173. The van der Waals surface area contributed by atoms with E-state index >= 15 is 0 Å². The minimum atomic E-state index is 0.347. The van der Waals surface area contributed by atoms with Crippen LogP contribution < -0.4 is 20.1 Å². The summed E-state index contributed by atoms with van der Waals surface area (Å²) in [5, 5.41) is 6.96. The maximum absolute atomic E-state index is 5.49. The monoisotopic (exact) mass is 234 g/mol. The fourth-order valence-corrected chi connectivity index (χ4v) is 2.41. The summed E-state index contributed by atoms with van der Waals surface area (Å²) in [6, 6.07) is 6.69. The number of para-hydroxylation sites is 1. The number of hydrogen-bond donors (Lipinski definition) is 2. The number of nitrogens with one attached hydrogen (secondary N) is 2. The molecule has 1 aromatic carbocycles. The predicted octanol–water partition coefficient (Wildman–Crippen LogP) is 1.26. The van der Waals surface area contributed by atoms with E-state index in [0.29, 0.717) is 12.8 Å². The van der Waals surface area contributed by atoms with Gasteiger partial charge in [-0.05, 0) is 32.0 Å². The molecule has 0 atom stereocenters. The third kappa shape index (κ3) is 2.37. The smallest absolute Gasteiger partial charge is 0.231 e. The zero-order valence-electron chi connectivity index (χ0n) is 9.87. The van der Waals surface area contributed by atoms with Crippen molar-refractivity contribution in [2.75, 3.05) is 19.9 Å². The Morgan fingerprint density at radius 2 is 2.12 bits per heavy atom. The second-order valence-corrected chi connectivity index (χ2v) is 4.56. The number of rotatable bonds is 3. The molecule has 4 heteroatoms. The normalized spacial score (nSPS) is 19.5. The summed E-state index contributed by atoms with van der Waals surface area (Å²) >= 11 is 0. The first-order chi connectivity index (χ1) is 8.43. The van der Waals surface area contributed by atoms with Crippen molar-refractivity contribution in [1.29, 1.82) is 0 Å². The van der Waals surface area contributed by atoms with Gasteiger partial charge in [-0.3, -0.25) is 0 Å². The van der Waals surface area contributed by atoms with E-state index in [1.807, 2.05) is 12.1 Å². The van der Waals surface area contributed by atoms with E-state index in [2.05, 4.69) is 16.7 Å². The molecule has 0 unspecified atom stereocenters. The van der Waals surface area contributed by atoms with Gasteiger partial charge in [0, 0.05) is 18.2 Å². The summed E-state index contributed by atoms with van der Waals surface area (Å²) in [6.45, 7) is 3.44. The highest BCUT2D eigenvalue weighted by Gasteiger charge is 2.18. The summed E-state index contributed by atoms with van der Waals surface area (Å²) in [6.07, 6.45) is 2.40. The molecule has 0 aromatic heterocycles. The molecule has 17 heavy (non-hydrogen) atoms. The third-order valence-electron chi connectivity index (χ3n) is 3.40. The molecule has 0 aliphatic carbocycles. The van der Waals surface area contributed by atoms with Crippen LogP contribution >= 0.6 is 0 Å². The zero-order valence-corrected chi connectivity index (χ0v) is 9.87. The predicted molar refractivity (Wildman–Crippen MR) is 65.3 cm³/mol. The lowest BCUT2D eigenvalue weighted by Crippen LogP contribution is -2.39. The molecule has 1 aromatic rings. The zero-order chi connectivity index (χ0) is 11.5. The van der Waals surface area contributed by atoms with Gasteiger partial charge in [-0.25, -0.2) is 0 Å². The van der Waals surface area contributed by atoms with Crippen molar-refractivity contribution in [3.63, 3.8) is 0 Å². The largest absolute Gasteiger partial charge is 0.454 e. The van der Waals surface area contributed by atoms with Gasteiger partial charge >= 0.3 is 0 Å². The van der Waals surface area contributed by atoms with E-state index in [9.17, 15) is 0 Å². The van der Waals surface area contributed by atoms with Crippen molar-refractivity contribution < 1.29 is 9.47 Å². The van der Waals surface area contributed by atoms with E-state index in [1.54, 1.807) is 0 Å². The quantitative estimate of drug-likeness (QED) is 0.826. The van der Waals surface area contributed by atoms with E-state index in [1.165, 1.54) is 18.4 Å². The van der Waals surface area contributed by atoms with Crippen molar-refractivity contribution in [2.45, 2.75) is 25.4 Å². The Balaban J connectivity index is 1.63. The molecule has 0 spiro atoms. The molecular weight excluding hydrogens is 216 g/mol. The van der Waals surface area contributed by atoms with Gasteiger partial charge in [-0.15, -0.1) is 0 Å². The van der Waals surface area contributed by atoms with Gasteiger partial charge in [0.2, 0.25) is 6.79 Å². The Hall–Kier alpha value is -1.26. The van der Waals surface area contributed by atoms with Gasteiger partial charge in [0.25, 0.3) is 0 Å². The topological polar surface area (TPSA) is 42.5 Å². The number of piperidine rings is 1. The van der Waals surface area contributed by atoms with Crippen LogP contribution in [0.15, 0.2) is 18.2 Å². The fraction of sp³-hybridized carbons (Fsp3) is 0.538.